The average Bonchev–Trinajstić information content (AvgIpc) is 3.38. The lowest BCUT2D eigenvalue weighted by Crippen LogP contribution is -2.55. The zero-order valence-corrected chi connectivity index (χ0v) is 22.6. The lowest BCUT2D eigenvalue weighted by Gasteiger charge is -2.31. The Hall–Kier alpha value is -3.48. The smallest absolute Gasteiger partial charge is 0.443 e. The largest absolute Gasteiger partial charge is 0.471 e. The van der Waals surface area contributed by atoms with Gasteiger partial charge in [-0.15, -0.1) is 11.3 Å². The molecule has 8 nitrogen and oxygen atoms in total. The Morgan fingerprint density at radius 2 is 1.72 bits per heavy atom. The molecule has 0 aliphatic rings. The molecule has 0 saturated heterocycles. The van der Waals surface area contributed by atoms with Crippen LogP contribution in [0.3, 0.4) is 0 Å². The molecule has 0 fully saturated rings. The standard InChI is InChI=1S/C27H31F3N4O4S/c1-26(2,3)38-25(37)33-34(16-19-9-11-20(12-10-19)23-31-13-14-39-23)17-22(35)21(32-24(36)27(28,29)30)15-18-7-5-4-6-8-18/h4-14,21-22,35H,15-17H2,1-3H3,(H,32,36)(H,33,37). The zero-order valence-electron chi connectivity index (χ0n) is 21.7. The number of rotatable bonds is 10. The third-order valence-electron chi connectivity index (χ3n) is 5.40. The number of alkyl halides is 3. The van der Waals surface area contributed by atoms with Crippen molar-refractivity contribution in [2.45, 2.75) is 57.7 Å². The van der Waals surface area contributed by atoms with Crippen LogP contribution in [0, 0.1) is 0 Å². The number of aromatic nitrogens is 1. The van der Waals surface area contributed by atoms with E-state index in [9.17, 15) is 27.9 Å². The summed E-state index contributed by atoms with van der Waals surface area (Å²) in [5.74, 6) is -2.16. The van der Waals surface area contributed by atoms with Crippen LogP contribution in [0.5, 0.6) is 0 Å². The van der Waals surface area contributed by atoms with Crippen molar-refractivity contribution in [3.05, 3.63) is 77.3 Å². The van der Waals surface area contributed by atoms with Gasteiger partial charge in [-0.2, -0.15) is 13.2 Å². The molecule has 1 heterocycles. The van der Waals surface area contributed by atoms with Crippen molar-refractivity contribution in [3.63, 3.8) is 0 Å². The molecular formula is C27H31F3N4O4S. The fourth-order valence-corrected chi connectivity index (χ4v) is 4.32. The molecule has 12 heteroatoms. The Labute approximate surface area is 228 Å². The van der Waals surface area contributed by atoms with Crippen LogP contribution in [-0.4, -0.2) is 57.6 Å². The van der Waals surface area contributed by atoms with Gasteiger partial charge in [-0.1, -0.05) is 54.6 Å². The second-order valence-corrected chi connectivity index (χ2v) is 10.8. The van der Waals surface area contributed by atoms with Gasteiger partial charge in [0.1, 0.15) is 10.6 Å². The topological polar surface area (TPSA) is 104 Å². The number of nitrogens with one attached hydrogen (secondary N) is 2. The van der Waals surface area contributed by atoms with Crippen LogP contribution < -0.4 is 10.7 Å². The molecule has 3 N–H and O–H groups in total. The molecule has 2 aromatic carbocycles. The van der Waals surface area contributed by atoms with Gasteiger partial charge in [0.15, 0.2) is 0 Å². The quantitative estimate of drug-likeness (QED) is 0.309. The van der Waals surface area contributed by atoms with Crippen molar-refractivity contribution in [1.82, 2.24) is 20.7 Å². The molecule has 3 rings (SSSR count). The van der Waals surface area contributed by atoms with Crippen LogP contribution >= 0.6 is 11.3 Å². The summed E-state index contributed by atoms with van der Waals surface area (Å²) < 4.78 is 44.5. The predicted octanol–water partition coefficient (Wildman–Crippen LogP) is 4.70. The molecule has 2 amide bonds. The van der Waals surface area contributed by atoms with Crippen molar-refractivity contribution in [2.24, 2.45) is 0 Å². The molecule has 0 aliphatic heterocycles. The van der Waals surface area contributed by atoms with E-state index in [-0.39, 0.29) is 19.5 Å². The fraction of sp³-hybridized carbons (Fsp3) is 0.370. The lowest BCUT2D eigenvalue weighted by molar-refractivity contribution is -0.175. The van der Waals surface area contributed by atoms with Crippen LogP contribution in [0.4, 0.5) is 18.0 Å². The second kappa shape index (κ2) is 13.0. The Kier molecular flexibility index (Phi) is 10.1. The van der Waals surface area contributed by atoms with Crippen molar-refractivity contribution in [1.29, 1.82) is 0 Å². The average molecular weight is 565 g/mol. The normalized spacial score (nSPS) is 13.5. The Morgan fingerprint density at radius 1 is 1.05 bits per heavy atom. The summed E-state index contributed by atoms with van der Waals surface area (Å²) in [6, 6.07) is 14.6. The number of halogens is 3. The number of amides is 2. The van der Waals surface area contributed by atoms with Crippen LogP contribution in [-0.2, 0) is 22.5 Å². The van der Waals surface area contributed by atoms with Crippen LogP contribution in [0.25, 0.3) is 10.6 Å². The van der Waals surface area contributed by atoms with Crippen LogP contribution in [0.2, 0.25) is 0 Å². The second-order valence-electron chi connectivity index (χ2n) is 9.86. The minimum Gasteiger partial charge on any atom is -0.443 e. The van der Waals surface area contributed by atoms with Crippen molar-refractivity contribution in [3.8, 4) is 10.6 Å². The van der Waals surface area contributed by atoms with Gasteiger partial charge >= 0.3 is 18.2 Å². The number of thiazole rings is 1. The van der Waals surface area contributed by atoms with E-state index in [0.717, 1.165) is 16.1 Å². The Balaban J connectivity index is 1.80. The molecule has 2 atom stereocenters. The van der Waals surface area contributed by atoms with Crippen LogP contribution in [0.15, 0.2) is 66.2 Å². The van der Waals surface area contributed by atoms with Crippen molar-refractivity contribution < 1.29 is 32.6 Å². The highest BCUT2D eigenvalue weighted by atomic mass is 32.1. The van der Waals surface area contributed by atoms with E-state index in [4.69, 9.17) is 4.74 Å². The maximum Gasteiger partial charge on any atom is 0.471 e. The van der Waals surface area contributed by atoms with Gasteiger partial charge in [0.05, 0.1) is 12.1 Å². The number of hydrogen-bond acceptors (Lipinski definition) is 7. The first-order valence-corrected chi connectivity index (χ1v) is 13.0. The summed E-state index contributed by atoms with van der Waals surface area (Å²) in [5, 5.41) is 17.0. The van der Waals surface area contributed by atoms with Crippen LogP contribution in [0.1, 0.15) is 31.9 Å². The van der Waals surface area contributed by atoms with E-state index in [1.54, 1.807) is 57.3 Å². The number of hydrogen-bond donors (Lipinski definition) is 3. The molecular weight excluding hydrogens is 533 g/mol. The van der Waals surface area contributed by atoms with Gasteiger partial charge in [-0.25, -0.2) is 14.8 Å². The summed E-state index contributed by atoms with van der Waals surface area (Å²) in [6.07, 6.45) is -5.77. The SMILES string of the molecule is CC(C)(C)OC(=O)NN(Cc1ccc(-c2nccs2)cc1)CC(O)C(Cc1ccccc1)NC(=O)C(F)(F)F. The monoisotopic (exact) mass is 564 g/mol. The zero-order chi connectivity index (χ0) is 28.6. The Morgan fingerprint density at radius 3 is 2.28 bits per heavy atom. The number of benzene rings is 2. The molecule has 0 saturated carbocycles. The number of hydrazine groups is 1. The number of aliphatic hydroxyl groups is 1. The number of carbonyl (C=O) groups excluding carboxylic acids is 2. The molecule has 210 valence electrons. The van der Waals surface area contributed by atoms with E-state index in [0.29, 0.717) is 5.56 Å². The number of aliphatic hydroxyl groups excluding tert-OH is 1. The first kappa shape index (κ1) is 30.1. The summed E-state index contributed by atoms with van der Waals surface area (Å²) in [4.78, 5) is 28.6. The van der Waals surface area contributed by atoms with Crippen molar-refractivity contribution in [2.75, 3.05) is 6.54 Å². The van der Waals surface area contributed by atoms with E-state index < -0.39 is 35.9 Å². The molecule has 0 bridgehead atoms. The summed E-state index contributed by atoms with van der Waals surface area (Å²) >= 11 is 1.49. The van der Waals surface area contributed by atoms with Crippen molar-refractivity contribution >= 4 is 23.3 Å². The number of nitrogens with zero attached hydrogens (tertiary/aromatic N) is 2. The number of ether oxygens (including phenoxy) is 1. The first-order valence-electron chi connectivity index (χ1n) is 12.1. The van der Waals surface area contributed by atoms with E-state index in [1.807, 2.05) is 35.0 Å². The molecule has 0 spiro atoms. The molecule has 39 heavy (non-hydrogen) atoms. The first-order chi connectivity index (χ1) is 18.3. The van der Waals surface area contributed by atoms with Gasteiger partial charge in [-0.05, 0) is 38.3 Å². The highest BCUT2D eigenvalue weighted by molar-refractivity contribution is 7.13. The summed E-state index contributed by atoms with van der Waals surface area (Å²) in [7, 11) is 0. The molecule has 0 radical (unpaired) electrons. The maximum atomic E-state index is 13.0. The van der Waals surface area contributed by atoms with E-state index in [1.165, 1.54) is 16.3 Å². The minimum absolute atomic E-state index is 0.0629. The predicted molar refractivity (Wildman–Crippen MR) is 141 cm³/mol. The van der Waals surface area contributed by atoms with Gasteiger partial charge in [0.25, 0.3) is 0 Å². The van der Waals surface area contributed by atoms with Gasteiger partial charge in [0.2, 0.25) is 0 Å². The van der Waals surface area contributed by atoms with Gasteiger partial charge in [-0.3, -0.25) is 10.2 Å². The molecule has 1 aromatic heterocycles. The maximum absolute atomic E-state index is 13.0. The molecule has 2 unspecified atom stereocenters. The van der Waals surface area contributed by atoms with Gasteiger partial charge < -0.3 is 15.2 Å². The fourth-order valence-electron chi connectivity index (χ4n) is 3.67. The lowest BCUT2D eigenvalue weighted by atomic mass is 10.0. The highest BCUT2D eigenvalue weighted by Crippen LogP contribution is 2.22. The Bertz CT molecular complexity index is 1200. The third kappa shape index (κ3) is 9.97. The molecule has 0 aliphatic carbocycles. The molecule has 3 aromatic rings. The summed E-state index contributed by atoms with van der Waals surface area (Å²) in [5.41, 5.74) is 4.03. The highest BCUT2D eigenvalue weighted by Gasteiger charge is 2.41. The third-order valence-corrected chi connectivity index (χ3v) is 6.22. The number of carbonyl (C=O) groups is 2. The minimum atomic E-state index is -5.12. The van der Waals surface area contributed by atoms with E-state index >= 15 is 0 Å². The summed E-state index contributed by atoms with van der Waals surface area (Å²) in [6.45, 7) is 4.85. The van der Waals surface area contributed by atoms with Gasteiger partial charge in [0, 0.05) is 30.2 Å². The van der Waals surface area contributed by atoms with E-state index in [2.05, 4.69) is 10.4 Å².